The van der Waals surface area contributed by atoms with Crippen molar-refractivity contribution in [3.63, 3.8) is 0 Å². The molecule has 1 aromatic carbocycles. The Labute approximate surface area is 268 Å². The average molecular weight is 630 g/mol. The molecule has 2 radical (unpaired) electrons. The summed E-state index contributed by atoms with van der Waals surface area (Å²) in [6, 6.07) is 6.13. The van der Waals surface area contributed by atoms with Gasteiger partial charge in [0.05, 0.1) is 24.2 Å². The lowest BCUT2D eigenvalue weighted by molar-refractivity contribution is -0.155. The summed E-state index contributed by atoms with van der Waals surface area (Å²) < 4.78 is 16.7. The Balaban J connectivity index is 2.71. The summed E-state index contributed by atoms with van der Waals surface area (Å²) in [6.45, 7) is 25.9. The molecular weight excluding hydrogens is 578 g/mol. The standard InChI is InChI=1S/C34H51N3O8/c1-30(2,3)36(28(41)44-33(10,11)12)18-21-16-23-24(27(40)35(26(23)39)20-25(38)43-32(7,8)9)17-22(21)19-37(31(4,5)6)29(42)45-34(13,14)15/h18-20H2,1-15H3. The summed E-state index contributed by atoms with van der Waals surface area (Å²) in [5.74, 6) is -2.21. The van der Waals surface area contributed by atoms with Gasteiger partial charge in [-0.3, -0.25) is 29.1 Å². The Morgan fingerprint density at radius 2 is 0.889 bits per heavy atom. The molecule has 1 aliphatic rings. The monoisotopic (exact) mass is 629 g/mol. The van der Waals surface area contributed by atoms with Crippen molar-refractivity contribution >= 4 is 30.0 Å². The van der Waals surface area contributed by atoms with Crippen molar-refractivity contribution in [2.75, 3.05) is 6.54 Å². The van der Waals surface area contributed by atoms with Crippen LogP contribution in [-0.2, 0) is 32.1 Å². The first kappa shape index (κ1) is 37.6. The molecule has 0 N–H and O–H groups in total. The molecule has 45 heavy (non-hydrogen) atoms. The van der Waals surface area contributed by atoms with E-state index in [1.54, 1.807) is 62.3 Å². The fraction of sp³-hybridized carbons (Fsp3) is 0.676. The molecule has 0 aliphatic carbocycles. The Morgan fingerprint density at radius 1 is 0.578 bits per heavy atom. The minimum atomic E-state index is -0.815. The van der Waals surface area contributed by atoms with Crippen LogP contribution in [0.15, 0.2) is 0 Å². The zero-order valence-corrected chi connectivity index (χ0v) is 29.7. The van der Waals surface area contributed by atoms with Crippen LogP contribution in [0.1, 0.15) is 136 Å². The lowest BCUT2D eigenvalue weighted by atomic mass is 9.95. The molecule has 4 amide bonds. The van der Waals surface area contributed by atoms with Gasteiger partial charge in [0, 0.05) is 23.2 Å². The van der Waals surface area contributed by atoms with E-state index in [2.05, 4.69) is 12.1 Å². The summed E-state index contributed by atoms with van der Waals surface area (Å²) in [4.78, 5) is 70.1. The van der Waals surface area contributed by atoms with Crippen LogP contribution >= 0.6 is 0 Å². The lowest BCUT2D eigenvalue weighted by Crippen LogP contribution is -2.48. The van der Waals surface area contributed by atoms with E-state index in [9.17, 15) is 24.0 Å². The molecule has 1 aromatic rings. The SMILES string of the molecule is CC(C)(C)OC(=O)CN1C(=O)c2[c]c(CN(C(=O)OC(C)(C)C)C(C)(C)C)c(CN(C(=O)OC(C)(C)C)C(C)(C)C)[c]c2C1=O. The summed E-state index contributed by atoms with van der Waals surface area (Å²) >= 11 is 0. The molecule has 0 saturated carbocycles. The largest absolute Gasteiger partial charge is 0.459 e. The number of rotatable bonds is 6. The van der Waals surface area contributed by atoms with Gasteiger partial charge in [0.15, 0.2) is 0 Å². The molecule has 0 atom stereocenters. The van der Waals surface area contributed by atoms with Gasteiger partial charge >= 0.3 is 18.2 Å². The number of carbonyl (C=O) groups excluding carboxylic acids is 5. The van der Waals surface area contributed by atoms with Crippen molar-refractivity contribution in [2.45, 2.75) is 145 Å². The number of benzene rings is 1. The van der Waals surface area contributed by atoms with Crippen molar-refractivity contribution < 1.29 is 38.2 Å². The second kappa shape index (κ2) is 12.6. The number of hydrogen-bond donors (Lipinski definition) is 0. The highest BCUT2D eigenvalue weighted by atomic mass is 16.6. The summed E-state index contributed by atoms with van der Waals surface area (Å²) in [6.07, 6.45) is -1.19. The number of hydrogen-bond acceptors (Lipinski definition) is 8. The Bertz CT molecular complexity index is 1240. The third kappa shape index (κ3) is 10.5. The predicted molar refractivity (Wildman–Crippen MR) is 168 cm³/mol. The van der Waals surface area contributed by atoms with Crippen molar-refractivity contribution in [3.8, 4) is 0 Å². The number of fused-ring (bicyclic) bond motifs is 1. The van der Waals surface area contributed by atoms with Crippen LogP contribution in [0.25, 0.3) is 0 Å². The molecule has 2 rings (SSSR count). The van der Waals surface area contributed by atoms with Crippen LogP contribution < -0.4 is 0 Å². The highest BCUT2D eigenvalue weighted by molar-refractivity contribution is 6.22. The molecule has 0 spiro atoms. The first-order chi connectivity index (χ1) is 20.0. The van der Waals surface area contributed by atoms with Gasteiger partial charge in [-0.15, -0.1) is 0 Å². The highest BCUT2D eigenvalue weighted by Gasteiger charge is 2.41. The Morgan fingerprint density at radius 3 is 1.16 bits per heavy atom. The normalized spacial score (nSPS) is 14.2. The molecule has 1 aliphatic heterocycles. The fourth-order valence-electron chi connectivity index (χ4n) is 4.28. The van der Waals surface area contributed by atoms with Gasteiger partial charge in [0.25, 0.3) is 11.8 Å². The number of carbonyl (C=O) groups is 5. The molecule has 11 nitrogen and oxygen atoms in total. The molecule has 0 aromatic heterocycles. The van der Waals surface area contributed by atoms with E-state index in [-0.39, 0.29) is 24.2 Å². The average Bonchev–Trinajstić information content (AvgIpc) is 2.99. The topological polar surface area (TPSA) is 123 Å². The number of ether oxygens (including phenoxy) is 3. The van der Waals surface area contributed by atoms with Gasteiger partial charge < -0.3 is 14.2 Å². The molecule has 250 valence electrons. The van der Waals surface area contributed by atoms with Crippen molar-refractivity contribution in [1.82, 2.24) is 14.7 Å². The highest BCUT2D eigenvalue weighted by Crippen LogP contribution is 2.31. The van der Waals surface area contributed by atoms with E-state index in [4.69, 9.17) is 14.2 Å². The number of amides is 4. The van der Waals surface area contributed by atoms with Gasteiger partial charge in [0.2, 0.25) is 0 Å². The first-order valence-electron chi connectivity index (χ1n) is 15.1. The molecule has 0 saturated heterocycles. The van der Waals surface area contributed by atoms with E-state index in [1.807, 2.05) is 41.5 Å². The van der Waals surface area contributed by atoms with Crippen LogP contribution in [0, 0.1) is 12.1 Å². The zero-order chi connectivity index (χ0) is 35.1. The van der Waals surface area contributed by atoms with Gasteiger partial charge in [0.1, 0.15) is 23.3 Å². The lowest BCUT2D eigenvalue weighted by Gasteiger charge is -2.39. The third-order valence-corrected chi connectivity index (χ3v) is 6.27. The van der Waals surface area contributed by atoms with Gasteiger partial charge in [-0.25, -0.2) is 9.59 Å². The van der Waals surface area contributed by atoms with Crippen LogP contribution in [0.2, 0.25) is 0 Å². The van der Waals surface area contributed by atoms with E-state index in [1.165, 1.54) is 9.80 Å². The quantitative estimate of drug-likeness (QED) is 0.204. The third-order valence-electron chi connectivity index (χ3n) is 6.27. The number of esters is 1. The van der Waals surface area contributed by atoms with Crippen LogP contribution in [0.5, 0.6) is 0 Å². The van der Waals surface area contributed by atoms with Crippen molar-refractivity contribution in [1.29, 1.82) is 0 Å². The minimum Gasteiger partial charge on any atom is -0.459 e. The van der Waals surface area contributed by atoms with Crippen LogP contribution in [0.4, 0.5) is 9.59 Å². The molecule has 0 unspecified atom stereocenters. The number of imide groups is 1. The van der Waals surface area contributed by atoms with Gasteiger partial charge in [-0.05, 0) is 115 Å². The van der Waals surface area contributed by atoms with Gasteiger partial charge in [-0.2, -0.15) is 0 Å². The molecular formula is C34H51N3O8. The Hall–Kier alpha value is -3.63. The second-order valence-corrected chi connectivity index (χ2v) is 16.2. The summed E-state index contributed by atoms with van der Waals surface area (Å²) in [7, 11) is 0. The van der Waals surface area contributed by atoms with E-state index in [0.717, 1.165) is 4.90 Å². The molecule has 0 fully saturated rings. The molecule has 11 heteroatoms. The molecule has 0 bridgehead atoms. The van der Waals surface area contributed by atoms with Crippen LogP contribution in [0.3, 0.4) is 0 Å². The summed E-state index contributed by atoms with van der Waals surface area (Å²) in [5.41, 5.74) is -3.29. The maximum absolute atomic E-state index is 13.5. The maximum Gasteiger partial charge on any atom is 0.411 e. The first-order valence-corrected chi connectivity index (χ1v) is 15.1. The van der Waals surface area contributed by atoms with Gasteiger partial charge in [-0.1, -0.05) is 0 Å². The van der Waals surface area contributed by atoms with Crippen LogP contribution in [-0.4, -0.2) is 79.1 Å². The van der Waals surface area contributed by atoms with Crippen molar-refractivity contribution in [3.05, 3.63) is 34.4 Å². The minimum absolute atomic E-state index is 0.0721. The van der Waals surface area contributed by atoms with E-state index < -0.39 is 64.4 Å². The van der Waals surface area contributed by atoms with E-state index in [0.29, 0.717) is 11.1 Å². The smallest absolute Gasteiger partial charge is 0.411 e. The Kier molecular flexibility index (Phi) is 10.5. The van der Waals surface area contributed by atoms with Crippen molar-refractivity contribution in [2.24, 2.45) is 0 Å². The zero-order valence-electron chi connectivity index (χ0n) is 29.7. The maximum atomic E-state index is 13.5. The number of nitrogens with zero attached hydrogens (tertiary/aromatic N) is 3. The fourth-order valence-corrected chi connectivity index (χ4v) is 4.28. The summed E-state index contributed by atoms with van der Waals surface area (Å²) in [5, 5.41) is 0. The predicted octanol–water partition coefficient (Wildman–Crippen LogP) is 6.30. The van der Waals surface area contributed by atoms with E-state index >= 15 is 0 Å². The second-order valence-electron chi connectivity index (χ2n) is 16.2. The molecule has 1 heterocycles.